The van der Waals surface area contributed by atoms with Gasteiger partial charge >= 0.3 is 0 Å². The predicted molar refractivity (Wildman–Crippen MR) is 130 cm³/mol. The summed E-state index contributed by atoms with van der Waals surface area (Å²) in [6, 6.07) is 17.1. The lowest BCUT2D eigenvalue weighted by Gasteiger charge is -2.29. The molecule has 3 atom stereocenters. The van der Waals surface area contributed by atoms with E-state index in [0.717, 1.165) is 22.2 Å². The first-order valence-corrected chi connectivity index (χ1v) is 10.8. The van der Waals surface area contributed by atoms with E-state index in [-0.39, 0.29) is 12.6 Å². The van der Waals surface area contributed by atoms with E-state index < -0.39 is 17.9 Å². The van der Waals surface area contributed by atoms with Gasteiger partial charge in [0, 0.05) is 17.4 Å². The zero-order chi connectivity index (χ0) is 23.9. The van der Waals surface area contributed by atoms with Gasteiger partial charge in [-0.05, 0) is 36.8 Å². The van der Waals surface area contributed by atoms with E-state index in [4.69, 9.17) is 16.2 Å². The number of benzene rings is 2. The molecule has 10 heteroatoms. The molecule has 1 aliphatic heterocycles. The highest BCUT2D eigenvalue weighted by molar-refractivity contribution is 6.02. The summed E-state index contributed by atoms with van der Waals surface area (Å²) in [6.45, 7) is 1.76. The van der Waals surface area contributed by atoms with E-state index >= 15 is 0 Å². The third-order valence-electron chi connectivity index (χ3n) is 5.99. The zero-order valence-electron chi connectivity index (χ0n) is 18.5. The van der Waals surface area contributed by atoms with Gasteiger partial charge in [0.2, 0.25) is 0 Å². The second kappa shape index (κ2) is 8.41. The molecule has 0 bridgehead atoms. The average molecular weight is 460 g/mol. The minimum absolute atomic E-state index is 0.0120. The average Bonchev–Trinajstić information content (AvgIpc) is 3.36. The number of nitrogens with one attached hydrogen (secondary N) is 1. The Balaban J connectivity index is 1.65. The molecule has 0 saturated carbocycles. The van der Waals surface area contributed by atoms with Gasteiger partial charge in [-0.25, -0.2) is 15.0 Å². The van der Waals surface area contributed by atoms with Crippen molar-refractivity contribution in [2.24, 2.45) is 16.5 Å². The molecular weight excluding hydrogens is 434 g/mol. The summed E-state index contributed by atoms with van der Waals surface area (Å²) in [5.74, 6) is 0.566. The third-order valence-corrected chi connectivity index (χ3v) is 5.99. The summed E-state index contributed by atoms with van der Waals surface area (Å²) in [7, 11) is 0. The summed E-state index contributed by atoms with van der Waals surface area (Å²) in [5.41, 5.74) is 13.5. The standard InChI is InChI=1S/C24H25N7O3/c1-24(20(33)18(32)12-34-24)31-11-17(14-5-3-2-4-6-14)19-21(27-13-28-22(19)31)29-15-7-9-16(10-8-15)30-23(25)26/h2-11,13,18,20,32-33H,12H2,1H3,(H4,25,26,30)(H,27,28,29)/t18-,20-,24-/m0/s1. The molecule has 0 amide bonds. The second-order valence-electron chi connectivity index (χ2n) is 8.29. The summed E-state index contributed by atoms with van der Waals surface area (Å²) < 4.78 is 7.62. The Labute approximate surface area is 195 Å². The number of aliphatic hydroxyl groups is 2. The van der Waals surface area contributed by atoms with E-state index in [1.165, 1.54) is 6.33 Å². The first kappa shape index (κ1) is 21.8. The number of hydrogen-bond acceptors (Lipinski definition) is 7. The highest BCUT2D eigenvalue weighted by atomic mass is 16.6. The molecule has 7 N–H and O–H groups in total. The fourth-order valence-electron chi connectivity index (χ4n) is 4.24. The topological polar surface area (TPSA) is 157 Å². The lowest BCUT2D eigenvalue weighted by Crippen LogP contribution is -2.42. The van der Waals surface area contributed by atoms with Crippen LogP contribution in [-0.4, -0.2) is 49.5 Å². The van der Waals surface area contributed by atoms with Crippen molar-refractivity contribution < 1.29 is 14.9 Å². The number of aliphatic imine (C=N–C) groups is 1. The molecule has 0 spiro atoms. The van der Waals surface area contributed by atoms with Crippen LogP contribution >= 0.6 is 0 Å². The molecule has 5 rings (SSSR count). The van der Waals surface area contributed by atoms with Crippen molar-refractivity contribution in [2.45, 2.75) is 24.9 Å². The summed E-state index contributed by atoms with van der Waals surface area (Å²) in [6.07, 6.45) is 1.21. The van der Waals surface area contributed by atoms with E-state index in [9.17, 15) is 10.2 Å². The van der Waals surface area contributed by atoms with Crippen molar-refractivity contribution in [2.75, 3.05) is 11.9 Å². The molecule has 34 heavy (non-hydrogen) atoms. The number of nitrogens with zero attached hydrogens (tertiary/aromatic N) is 4. The fourth-order valence-corrected chi connectivity index (χ4v) is 4.24. The van der Waals surface area contributed by atoms with E-state index in [2.05, 4.69) is 20.3 Å². The molecular formula is C24H25N7O3. The smallest absolute Gasteiger partial charge is 0.191 e. The normalized spacial score (nSPS) is 22.1. The Morgan fingerprint density at radius 1 is 1.12 bits per heavy atom. The Hall–Kier alpha value is -3.99. The Morgan fingerprint density at radius 3 is 2.50 bits per heavy atom. The molecule has 0 aliphatic carbocycles. The molecule has 4 aromatic rings. The van der Waals surface area contributed by atoms with E-state index in [1.54, 1.807) is 23.6 Å². The molecule has 3 heterocycles. The Kier molecular flexibility index (Phi) is 5.40. The largest absolute Gasteiger partial charge is 0.388 e. The lowest BCUT2D eigenvalue weighted by atomic mass is 10.1. The molecule has 1 fully saturated rings. The van der Waals surface area contributed by atoms with Crippen LogP contribution in [0.15, 0.2) is 72.1 Å². The van der Waals surface area contributed by atoms with Crippen LogP contribution in [0.4, 0.5) is 17.2 Å². The molecule has 0 radical (unpaired) electrons. The van der Waals surface area contributed by atoms with Gasteiger partial charge in [0.15, 0.2) is 11.7 Å². The molecule has 2 aromatic carbocycles. The maximum atomic E-state index is 10.7. The molecule has 10 nitrogen and oxygen atoms in total. The van der Waals surface area contributed by atoms with Gasteiger partial charge in [0.1, 0.15) is 30.0 Å². The van der Waals surface area contributed by atoms with Crippen molar-refractivity contribution in [3.63, 3.8) is 0 Å². The van der Waals surface area contributed by atoms with Crippen molar-refractivity contribution in [3.05, 3.63) is 67.1 Å². The third kappa shape index (κ3) is 3.73. The van der Waals surface area contributed by atoms with Crippen molar-refractivity contribution >= 4 is 34.2 Å². The highest BCUT2D eigenvalue weighted by Gasteiger charge is 2.47. The number of rotatable bonds is 5. The van der Waals surface area contributed by atoms with Gasteiger partial charge in [-0.3, -0.25) is 0 Å². The van der Waals surface area contributed by atoms with Gasteiger partial charge in [-0.2, -0.15) is 0 Å². The Morgan fingerprint density at radius 2 is 1.85 bits per heavy atom. The number of fused-ring (bicyclic) bond motifs is 1. The fraction of sp³-hybridized carbons (Fsp3) is 0.208. The van der Waals surface area contributed by atoms with Crippen LogP contribution in [0.3, 0.4) is 0 Å². The quantitative estimate of drug-likeness (QED) is 0.224. The summed E-state index contributed by atoms with van der Waals surface area (Å²) in [4.78, 5) is 13.1. The first-order valence-electron chi connectivity index (χ1n) is 10.8. The number of nitrogens with two attached hydrogens (primary N) is 2. The molecule has 0 unspecified atom stereocenters. The first-order chi connectivity index (χ1) is 16.4. The van der Waals surface area contributed by atoms with Crippen LogP contribution in [0.25, 0.3) is 22.2 Å². The van der Waals surface area contributed by atoms with E-state index in [0.29, 0.717) is 17.2 Å². The van der Waals surface area contributed by atoms with Crippen molar-refractivity contribution in [1.29, 1.82) is 0 Å². The van der Waals surface area contributed by atoms with Crippen molar-refractivity contribution in [1.82, 2.24) is 14.5 Å². The maximum Gasteiger partial charge on any atom is 0.191 e. The number of ether oxygens (including phenoxy) is 1. The van der Waals surface area contributed by atoms with Gasteiger partial charge in [-0.1, -0.05) is 30.3 Å². The van der Waals surface area contributed by atoms with Gasteiger partial charge < -0.3 is 36.3 Å². The van der Waals surface area contributed by atoms with Crippen LogP contribution < -0.4 is 16.8 Å². The van der Waals surface area contributed by atoms with Gasteiger partial charge in [0.25, 0.3) is 0 Å². The minimum atomic E-state index is -1.20. The molecule has 2 aromatic heterocycles. The molecule has 1 saturated heterocycles. The van der Waals surface area contributed by atoms with Gasteiger partial charge in [0.05, 0.1) is 17.7 Å². The van der Waals surface area contributed by atoms with Crippen LogP contribution in [0.2, 0.25) is 0 Å². The number of aromatic nitrogens is 3. The SMILES string of the molecule is C[C@]1(n2cc(-c3ccccc3)c3c(Nc4ccc(N=C(N)N)cc4)ncnc32)OC[C@H](O)[C@@H]1O. The molecule has 1 aliphatic rings. The summed E-state index contributed by atoms with van der Waals surface area (Å²) >= 11 is 0. The molecule has 174 valence electrons. The van der Waals surface area contributed by atoms with Crippen LogP contribution in [0.5, 0.6) is 0 Å². The van der Waals surface area contributed by atoms with Crippen LogP contribution in [-0.2, 0) is 10.5 Å². The highest BCUT2D eigenvalue weighted by Crippen LogP contribution is 2.41. The lowest BCUT2D eigenvalue weighted by molar-refractivity contribution is -0.107. The number of anilines is 2. The summed E-state index contributed by atoms with van der Waals surface area (Å²) in [5, 5.41) is 25.0. The second-order valence-corrected chi connectivity index (χ2v) is 8.29. The van der Waals surface area contributed by atoms with Crippen molar-refractivity contribution in [3.8, 4) is 11.1 Å². The Bertz CT molecular complexity index is 1350. The number of hydrogen-bond donors (Lipinski definition) is 5. The number of guanidine groups is 1. The maximum absolute atomic E-state index is 10.7. The van der Waals surface area contributed by atoms with E-state index in [1.807, 2.05) is 48.7 Å². The monoisotopic (exact) mass is 459 g/mol. The zero-order valence-corrected chi connectivity index (χ0v) is 18.5. The van der Waals surface area contributed by atoms with Crippen LogP contribution in [0, 0.1) is 0 Å². The number of aliphatic hydroxyl groups excluding tert-OH is 2. The van der Waals surface area contributed by atoms with Crippen LogP contribution in [0.1, 0.15) is 6.92 Å². The van der Waals surface area contributed by atoms with Gasteiger partial charge in [-0.15, -0.1) is 0 Å². The predicted octanol–water partition coefficient (Wildman–Crippen LogP) is 2.17. The minimum Gasteiger partial charge on any atom is -0.388 e.